The summed E-state index contributed by atoms with van der Waals surface area (Å²) in [5.74, 6) is 0. The first kappa shape index (κ1) is 12.0. The van der Waals surface area contributed by atoms with Gasteiger partial charge in [0.05, 0.1) is 17.0 Å². The number of piperidine rings is 1. The fourth-order valence-corrected chi connectivity index (χ4v) is 2.62. The molecule has 0 aromatic carbocycles. The summed E-state index contributed by atoms with van der Waals surface area (Å²) in [6, 6.07) is 0.737. The first-order chi connectivity index (χ1) is 7.95. The van der Waals surface area contributed by atoms with Gasteiger partial charge in [-0.05, 0) is 32.2 Å². The van der Waals surface area contributed by atoms with Gasteiger partial charge in [0.25, 0.3) is 0 Å². The van der Waals surface area contributed by atoms with Crippen molar-refractivity contribution in [3.8, 4) is 0 Å². The molecule has 0 spiro atoms. The van der Waals surface area contributed by atoms with E-state index in [2.05, 4.69) is 10.3 Å². The highest BCUT2D eigenvalue weighted by molar-refractivity contribution is 7.09. The standard InChI is InChI=1S/C12H20N2OS/c1-2-6-14-11(4-1)5-3-7-15-9-12-8-13-10-16-12/h8,10-11,14H,1-7,9H2/t11-/m1/s1. The van der Waals surface area contributed by atoms with Crippen molar-refractivity contribution in [1.82, 2.24) is 10.3 Å². The van der Waals surface area contributed by atoms with Crippen LogP contribution >= 0.6 is 11.3 Å². The monoisotopic (exact) mass is 240 g/mol. The molecule has 4 heteroatoms. The highest BCUT2D eigenvalue weighted by Gasteiger charge is 2.11. The van der Waals surface area contributed by atoms with Gasteiger partial charge in [-0.25, -0.2) is 0 Å². The lowest BCUT2D eigenvalue weighted by Crippen LogP contribution is -2.33. The van der Waals surface area contributed by atoms with Crippen LogP contribution in [0.1, 0.15) is 37.0 Å². The normalized spacial score (nSPS) is 21.1. The zero-order valence-electron chi connectivity index (χ0n) is 9.65. The van der Waals surface area contributed by atoms with Gasteiger partial charge in [-0.15, -0.1) is 11.3 Å². The highest BCUT2D eigenvalue weighted by atomic mass is 32.1. The van der Waals surface area contributed by atoms with E-state index in [0.29, 0.717) is 0 Å². The zero-order chi connectivity index (χ0) is 11.1. The summed E-state index contributed by atoms with van der Waals surface area (Å²) < 4.78 is 5.61. The predicted molar refractivity (Wildman–Crippen MR) is 66.6 cm³/mol. The predicted octanol–water partition coefficient (Wildman–Crippen LogP) is 2.58. The van der Waals surface area contributed by atoms with E-state index < -0.39 is 0 Å². The number of rotatable bonds is 6. The van der Waals surface area contributed by atoms with Crippen LogP contribution in [-0.4, -0.2) is 24.2 Å². The van der Waals surface area contributed by atoms with Gasteiger partial charge in [0.1, 0.15) is 0 Å². The highest BCUT2D eigenvalue weighted by Crippen LogP contribution is 2.12. The average molecular weight is 240 g/mol. The summed E-state index contributed by atoms with van der Waals surface area (Å²) >= 11 is 1.66. The molecule has 90 valence electrons. The smallest absolute Gasteiger partial charge is 0.0825 e. The van der Waals surface area contributed by atoms with Gasteiger partial charge in [-0.3, -0.25) is 4.98 Å². The fourth-order valence-electron chi connectivity index (χ4n) is 2.09. The first-order valence-corrected chi connectivity index (χ1v) is 7.01. The topological polar surface area (TPSA) is 34.1 Å². The van der Waals surface area contributed by atoms with Gasteiger partial charge < -0.3 is 10.1 Å². The number of ether oxygens (including phenoxy) is 1. The van der Waals surface area contributed by atoms with Crippen molar-refractivity contribution in [3.05, 3.63) is 16.6 Å². The molecule has 1 aromatic heterocycles. The molecule has 0 aliphatic carbocycles. The molecular formula is C12H20N2OS. The summed E-state index contributed by atoms with van der Waals surface area (Å²) in [5, 5.41) is 3.56. The quantitative estimate of drug-likeness (QED) is 0.776. The van der Waals surface area contributed by atoms with E-state index in [0.717, 1.165) is 25.7 Å². The fraction of sp³-hybridized carbons (Fsp3) is 0.750. The maximum atomic E-state index is 5.61. The number of hydrogen-bond donors (Lipinski definition) is 1. The van der Waals surface area contributed by atoms with E-state index >= 15 is 0 Å². The van der Waals surface area contributed by atoms with Crippen molar-refractivity contribution in [2.75, 3.05) is 13.2 Å². The summed E-state index contributed by atoms with van der Waals surface area (Å²) in [7, 11) is 0. The van der Waals surface area contributed by atoms with Crippen molar-refractivity contribution in [2.24, 2.45) is 0 Å². The molecule has 1 fully saturated rings. The Morgan fingerprint density at radius 1 is 1.50 bits per heavy atom. The van der Waals surface area contributed by atoms with Crippen LogP contribution in [0.25, 0.3) is 0 Å². The van der Waals surface area contributed by atoms with Gasteiger partial charge in [0.15, 0.2) is 0 Å². The molecule has 0 bridgehead atoms. The molecule has 1 aliphatic rings. The molecule has 1 aliphatic heterocycles. The van der Waals surface area contributed by atoms with Crippen molar-refractivity contribution >= 4 is 11.3 Å². The number of nitrogens with one attached hydrogen (secondary N) is 1. The second-order valence-corrected chi connectivity index (χ2v) is 5.28. The Morgan fingerprint density at radius 3 is 3.25 bits per heavy atom. The van der Waals surface area contributed by atoms with Gasteiger partial charge in [0.2, 0.25) is 0 Å². The Morgan fingerprint density at radius 2 is 2.50 bits per heavy atom. The number of hydrogen-bond acceptors (Lipinski definition) is 4. The molecular weight excluding hydrogens is 220 g/mol. The largest absolute Gasteiger partial charge is 0.376 e. The lowest BCUT2D eigenvalue weighted by molar-refractivity contribution is 0.116. The molecule has 0 unspecified atom stereocenters. The lowest BCUT2D eigenvalue weighted by atomic mass is 10.0. The minimum absolute atomic E-state index is 0.725. The Hall–Kier alpha value is -0.450. The van der Waals surface area contributed by atoms with E-state index in [4.69, 9.17) is 4.74 Å². The minimum Gasteiger partial charge on any atom is -0.376 e. The summed E-state index contributed by atoms with van der Waals surface area (Å²) in [5.41, 5.74) is 1.85. The van der Waals surface area contributed by atoms with Crippen molar-refractivity contribution < 1.29 is 4.74 Å². The SMILES string of the molecule is c1ncc(COCCC[C@H]2CCCCN2)s1. The molecule has 2 rings (SSSR count). The Labute approximate surface area is 101 Å². The maximum absolute atomic E-state index is 5.61. The van der Waals surface area contributed by atoms with Crippen LogP contribution in [0, 0.1) is 0 Å². The average Bonchev–Trinajstić information content (AvgIpc) is 2.83. The molecule has 1 saturated heterocycles. The van der Waals surface area contributed by atoms with E-state index in [1.54, 1.807) is 11.3 Å². The third-order valence-corrected chi connectivity index (χ3v) is 3.73. The summed E-state index contributed by atoms with van der Waals surface area (Å²) in [4.78, 5) is 5.24. The van der Waals surface area contributed by atoms with E-state index in [9.17, 15) is 0 Å². The first-order valence-electron chi connectivity index (χ1n) is 6.13. The van der Waals surface area contributed by atoms with Crippen LogP contribution in [0.4, 0.5) is 0 Å². The molecule has 1 aromatic rings. The second-order valence-electron chi connectivity index (χ2n) is 4.31. The molecule has 1 N–H and O–H groups in total. The number of nitrogens with zero attached hydrogens (tertiary/aromatic N) is 1. The van der Waals surface area contributed by atoms with E-state index in [-0.39, 0.29) is 0 Å². The van der Waals surface area contributed by atoms with Crippen LogP contribution in [0.2, 0.25) is 0 Å². The van der Waals surface area contributed by atoms with Crippen LogP contribution < -0.4 is 5.32 Å². The van der Waals surface area contributed by atoms with E-state index in [1.165, 1.54) is 37.1 Å². The third kappa shape index (κ3) is 4.20. The van der Waals surface area contributed by atoms with Crippen LogP contribution in [0.5, 0.6) is 0 Å². The van der Waals surface area contributed by atoms with Crippen LogP contribution in [0.15, 0.2) is 11.7 Å². The van der Waals surface area contributed by atoms with E-state index in [1.807, 2.05) is 11.7 Å². The van der Waals surface area contributed by atoms with Gasteiger partial charge in [-0.2, -0.15) is 0 Å². The van der Waals surface area contributed by atoms with Gasteiger partial charge >= 0.3 is 0 Å². The summed E-state index contributed by atoms with van der Waals surface area (Å²) in [6.07, 6.45) is 8.37. The molecule has 0 radical (unpaired) electrons. The Balaban J connectivity index is 1.48. The van der Waals surface area contributed by atoms with Crippen molar-refractivity contribution in [3.63, 3.8) is 0 Å². The van der Waals surface area contributed by atoms with Crippen LogP contribution in [0.3, 0.4) is 0 Å². The molecule has 2 heterocycles. The Bertz CT molecular complexity index is 271. The molecule has 0 amide bonds. The van der Waals surface area contributed by atoms with Crippen molar-refractivity contribution in [1.29, 1.82) is 0 Å². The third-order valence-electron chi connectivity index (χ3n) is 2.98. The molecule has 0 saturated carbocycles. The number of thiazole rings is 1. The number of aromatic nitrogens is 1. The van der Waals surface area contributed by atoms with Crippen molar-refractivity contribution in [2.45, 2.75) is 44.8 Å². The minimum atomic E-state index is 0.725. The lowest BCUT2D eigenvalue weighted by Gasteiger charge is -2.23. The zero-order valence-corrected chi connectivity index (χ0v) is 10.5. The van der Waals surface area contributed by atoms with Gasteiger partial charge in [-0.1, -0.05) is 6.42 Å². The van der Waals surface area contributed by atoms with Crippen LogP contribution in [-0.2, 0) is 11.3 Å². The second kappa shape index (κ2) is 6.99. The Kier molecular flexibility index (Phi) is 5.25. The molecule has 16 heavy (non-hydrogen) atoms. The maximum Gasteiger partial charge on any atom is 0.0825 e. The van der Waals surface area contributed by atoms with Gasteiger partial charge in [0, 0.05) is 18.8 Å². The molecule has 3 nitrogen and oxygen atoms in total. The molecule has 1 atom stereocenters. The summed E-state index contributed by atoms with van der Waals surface area (Å²) in [6.45, 7) is 2.80.